The molecule has 6 heteroatoms. The van der Waals surface area contributed by atoms with Crippen LogP contribution in [0.4, 0.5) is 4.79 Å². The third kappa shape index (κ3) is 2.84. The second kappa shape index (κ2) is 5.35. The van der Waals surface area contributed by atoms with Gasteiger partial charge in [0.2, 0.25) is 5.91 Å². The number of aromatic nitrogens is 1. The molecular formula is C15H19N3O3. The van der Waals surface area contributed by atoms with E-state index in [0.717, 1.165) is 12.0 Å². The van der Waals surface area contributed by atoms with Crippen LogP contribution in [0.1, 0.15) is 18.4 Å². The highest BCUT2D eigenvalue weighted by Gasteiger charge is 2.49. The van der Waals surface area contributed by atoms with Gasteiger partial charge in [-0.3, -0.25) is 9.78 Å². The maximum absolute atomic E-state index is 12.3. The molecule has 1 aromatic heterocycles. The standard InChI is InChI=1S/C15H19N3O3/c1-17-10-15(21-14(17)20)6-8-18(11-15)13(19)5-4-12-3-2-7-16-9-12/h2-3,7,9H,4-6,8,10-11H2,1H3/t15-/m0/s1. The lowest BCUT2D eigenvalue weighted by Gasteiger charge is -2.21. The maximum atomic E-state index is 12.3. The Labute approximate surface area is 123 Å². The van der Waals surface area contributed by atoms with Gasteiger partial charge in [-0.1, -0.05) is 6.07 Å². The number of aryl methyl sites for hydroxylation is 1. The molecule has 3 heterocycles. The lowest BCUT2D eigenvalue weighted by atomic mass is 10.0. The highest BCUT2D eigenvalue weighted by molar-refractivity contribution is 5.77. The second-order valence-electron chi connectivity index (χ2n) is 5.83. The number of likely N-dealkylation sites (tertiary alicyclic amines) is 1. The van der Waals surface area contributed by atoms with E-state index in [9.17, 15) is 9.59 Å². The molecule has 0 unspecified atom stereocenters. The van der Waals surface area contributed by atoms with E-state index in [0.29, 0.717) is 32.5 Å². The van der Waals surface area contributed by atoms with E-state index in [1.165, 1.54) is 0 Å². The smallest absolute Gasteiger partial charge is 0.410 e. The molecule has 3 rings (SSSR count). The molecule has 2 aliphatic rings. The number of nitrogens with zero attached hydrogens (tertiary/aromatic N) is 3. The van der Waals surface area contributed by atoms with Crippen molar-refractivity contribution in [3.8, 4) is 0 Å². The van der Waals surface area contributed by atoms with Crippen molar-refractivity contribution in [2.75, 3.05) is 26.7 Å². The maximum Gasteiger partial charge on any atom is 0.410 e. The third-order valence-corrected chi connectivity index (χ3v) is 4.16. The van der Waals surface area contributed by atoms with Crippen molar-refractivity contribution in [1.82, 2.24) is 14.8 Å². The van der Waals surface area contributed by atoms with Crippen LogP contribution in [0.25, 0.3) is 0 Å². The summed E-state index contributed by atoms with van der Waals surface area (Å²) in [4.78, 5) is 31.2. The van der Waals surface area contributed by atoms with Crippen molar-refractivity contribution < 1.29 is 14.3 Å². The van der Waals surface area contributed by atoms with Gasteiger partial charge in [-0.25, -0.2) is 4.79 Å². The zero-order valence-corrected chi connectivity index (χ0v) is 12.1. The first-order valence-electron chi connectivity index (χ1n) is 7.19. The van der Waals surface area contributed by atoms with E-state index in [2.05, 4.69) is 4.98 Å². The van der Waals surface area contributed by atoms with Crippen LogP contribution < -0.4 is 0 Å². The average Bonchev–Trinajstić information content (AvgIpc) is 3.01. The molecule has 2 saturated heterocycles. The number of likely N-dealkylation sites (N-methyl/N-ethyl adjacent to an activating group) is 1. The summed E-state index contributed by atoms with van der Waals surface area (Å²) in [6.07, 6.45) is 5.09. The Kier molecular flexibility index (Phi) is 3.53. The summed E-state index contributed by atoms with van der Waals surface area (Å²) in [5.41, 5.74) is 0.572. The van der Waals surface area contributed by atoms with Crippen LogP contribution in [0.3, 0.4) is 0 Å². The van der Waals surface area contributed by atoms with Gasteiger partial charge in [0.25, 0.3) is 0 Å². The number of ether oxygens (including phenoxy) is 1. The lowest BCUT2D eigenvalue weighted by molar-refractivity contribution is -0.130. The molecule has 112 valence electrons. The van der Waals surface area contributed by atoms with Crippen molar-refractivity contribution >= 4 is 12.0 Å². The molecule has 2 amide bonds. The zero-order valence-electron chi connectivity index (χ0n) is 12.1. The van der Waals surface area contributed by atoms with Crippen LogP contribution in [0.15, 0.2) is 24.5 Å². The van der Waals surface area contributed by atoms with Gasteiger partial charge in [-0.2, -0.15) is 0 Å². The molecule has 0 N–H and O–H groups in total. The van der Waals surface area contributed by atoms with Crippen molar-refractivity contribution in [3.63, 3.8) is 0 Å². The van der Waals surface area contributed by atoms with Crippen molar-refractivity contribution in [1.29, 1.82) is 0 Å². The molecule has 1 spiro atoms. The lowest BCUT2D eigenvalue weighted by Crippen LogP contribution is -2.39. The predicted octanol–water partition coefficient (Wildman–Crippen LogP) is 1.07. The van der Waals surface area contributed by atoms with Gasteiger partial charge in [0.05, 0.1) is 13.1 Å². The minimum absolute atomic E-state index is 0.112. The van der Waals surface area contributed by atoms with Gasteiger partial charge in [-0.15, -0.1) is 0 Å². The van der Waals surface area contributed by atoms with Crippen LogP contribution in [0.2, 0.25) is 0 Å². The fourth-order valence-electron chi connectivity index (χ4n) is 3.02. The molecule has 21 heavy (non-hydrogen) atoms. The SMILES string of the molecule is CN1C[C@]2(CCN(C(=O)CCc3cccnc3)C2)OC1=O. The van der Waals surface area contributed by atoms with Gasteiger partial charge in [0, 0.05) is 38.8 Å². The molecule has 2 aliphatic heterocycles. The minimum Gasteiger partial charge on any atom is -0.439 e. The summed E-state index contributed by atoms with van der Waals surface area (Å²) in [5, 5.41) is 0. The normalized spacial score (nSPS) is 24.7. The molecule has 1 atom stereocenters. The first-order chi connectivity index (χ1) is 10.1. The predicted molar refractivity (Wildman–Crippen MR) is 75.6 cm³/mol. The van der Waals surface area contributed by atoms with Crippen LogP contribution in [0, 0.1) is 0 Å². The Morgan fingerprint density at radius 2 is 2.33 bits per heavy atom. The molecule has 0 radical (unpaired) electrons. The summed E-state index contributed by atoms with van der Waals surface area (Å²) in [6, 6.07) is 3.85. The van der Waals surface area contributed by atoms with Gasteiger partial charge in [0.1, 0.15) is 0 Å². The van der Waals surface area contributed by atoms with E-state index in [-0.39, 0.29) is 12.0 Å². The summed E-state index contributed by atoms with van der Waals surface area (Å²) in [6.45, 7) is 1.74. The van der Waals surface area contributed by atoms with E-state index in [1.54, 1.807) is 24.3 Å². The summed E-state index contributed by atoms with van der Waals surface area (Å²) >= 11 is 0. The molecule has 0 aromatic carbocycles. The molecule has 6 nitrogen and oxygen atoms in total. The van der Waals surface area contributed by atoms with Crippen LogP contribution in [0.5, 0.6) is 0 Å². The Balaban J connectivity index is 1.54. The summed E-state index contributed by atoms with van der Waals surface area (Å²) in [5.74, 6) is 0.112. The highest BCUT2D eigenvalue weighted by atomic mass is 16.6. The Bertz CT molecular complexity index is 548. The number of pyridine rings is 1. The highest BCUT2D eigenvalue weighted by Crippen LogP contribution is 2.32. The number of hydrogen-bond donors (Lipinski definition) is 0. The average molecular weight is 289 g/mol. The number of rotatable bonds is 3. The minimum atomic E-state index is -0.490. The zero-order chi connectivity index (χ0) is 14.9. The fraction of sp³-hybridized carbons (Fsp3) is 0.533. The van der Waals surface area contributed by atoms with Crippen LogP contribution in [-0.4, -0.2) is 59.1 Å². The molecular weight excluding hydrogens is 270 g/mol. The second-order valence-corrected chi connectivity index (χ2v) is 5.83. The molecule has 0 saturated carbocycles. The van der Waals surface area contributed by atoms with E-state index in [1.807, 2.05) is 17.0 Å². The van der Waals surface area contributed by atoms with Crippen LogP contribution >= 0.6 is 0 Å². The first-order valence-corrected chi connectivity index (χ1v) is 7.19. The van der Waals surface area contributed by atoms with Gasteiger partial charge in [0.15, 0.2) is 5.60 Å². The van der Waals surface area contributed by atoms with Crippen LogP contribution in [-0.2, 0) is 16.0 Å². The molecule has 0 aliphatic carbocycles. The molecule has 2 fully saturated rings. The van der Waals surface area contributed by atoms with Crippen molar-refractivity contribution in [2.45, 2.75) is 24.9 Å². The topological polar surface area (TPSA) is 62.7 Å². The third-order valence-electron chi connectivity index (χ3n) is 4.16. The number of carbonyl (C=O) groups excluding carboxylic acids is 2. The van der Waals surface area contributed by atoms with Gasteiger partial charge in [-0.05, 0) is 18.1 Å². The van der Waals surface area contributed by atoms with E-state index < -0.39 is 5.60 Å². The summed E-state index contributed by atoms with van der Waals surface area (Å²) < 4.78 is 5.45. The number of hydrogen-bond acceptors (Lipinski definition) is 4. The largest absolute Gasteiger partial charge is 0.439 e. The Morgan fingerprint density at radius 1 is 1.48 bits per heavy atom. The summed E-state index contributed by atoms with van der Waals surface area (Å²) in [7, 11) is 1.73. The number of amides is 2. The first kappa shape index (κ1) is 13.9. The quantitative estimate of drug-likeness (QED) is 0.835. The van der Waals surface area contributed by atoms with Crippen molar-refractivity contribution in [2.24, 2.45) is 0 Å². The van der Waals surface area contributed by atoms with Crippen molar-refractivity contribution in [3.05, 3.63) is 30.1 Å². The Hall–Kier alpha value is -2.11. The fourth-order valence-corrected chi connectivity index (χ4v) is 3.02. The monoisotopic (exact) mass is 289 g/mol. The molecule has 1 aromatic rings. The van der Waals surface area contributed by atoms with E-state index in [4.69, 9.17) is 4.74 Å². The Morgan fingerprint density at radius 3 is 3.00 bits per heavy atom. The molecule has 0 bridgehead atoms. The van der Waals surface area contributed by atoms with Gasteiger partial charge < -0.3 is 14.5 Å². The van der Waals surface area contributed by atoms with Gasteiger partial charge >= 0.3 is 6.09 Å². The number of carbonyl (C=O) groups is 2. The van der Waals surface area contributed by atoms with E-state index >= 15 is 0 Å².